The summed E-state index contributed by atoms with van der Waals surface area (Å²) in [6.45, 7) is 27.1. The van der Waals surface area contributed by atoms with Gasteiger partial charge in [-0.1, -0.05) is 81.6 Å². The predicted molar refractivity (Wildman–Crippen MR) is 138 cm³/mol. The molecule has 0 aromatic heterocycles. The molecule has 0 aromatic rings. The molecule has 184 valence electrons. The molecule has 0 aliphatic carbocycles. The molecule has 0 saturated heterocycles. The normalized spacial score (nSPS) is 14.7. The van der Waals surface area contributed by atoms with Gasteiger partial charge < -0.3 is 10.1 Å². The summed E-state index contributed by atoms with van der Waals surface area (Å²) in [6, 6.07) is 0. The Bertz CT molecular complexity index is 490. The molecule has 31 heavy (non-hydrogen) atoms. The topological polar surface area (TPSA) is 46.2 Å². The number of terminal acetylenes is 1. The van der Waals surface area contributed by atoms with E-state index in [1.54, 1.807) is 0 Å². The molecule has 0 aromatic carbocycles. The first-order valence-corrected chi connectivity index (χ1v) is 12.2. The highest BCUT2D eigenvalue weighted by molar-refractivity contribution is 5.79. The van der Waals surface area contributed by atoms with Gasteiger partial charge in [0.05, 0.1) is 0 Å². The van der Waals surface area contributed by atoms with Crippen LogP contribution in [0.1, 0.15) is 121 Å². The van der Waals surface area contributed by atoms with Crippen molar-refractivity contribution in [2.75, 3.05) is 0 Å². The van der Waals surface area contributed by atoms with Crippen LogP contribution in [0.3, 0.4) is 0 Å². The summed E-state index contributed by atoms with van der Waals surface area (Å²) in [5, 5.41) is 3.35. The van der Waals surface area contributed by atoms with E-state index >= 15 is 0 Å². The number of hydrogen-bond acceptors (Lipinski definition) is 2. The first-order valence-electron chi connectivity index (χ1n) is 12.2. The molecule has 3 atom stereocenters. The summed E-state index contributed by atoms with van der Waals surface area (Å²) in [5.41, 5.74) is 0.244. The molecular formula is C28H55NO2. The molecule has 3 unspecified atom stereocenters. The van der Waals surface area contributed by atoms with Crippen LogP contribution in [-0.2, 0) is 9.59 Å². The summed E-state index contributed by atoms with van der Waals surface area (Å²) in [7, 11) is 0. The molecule has 0 bridgehead atoms. The van der Waals surface area contributed by atoms with Crippen LogP contribution in [0.2, 0.25) is 0 Å². The third-order valence-electron chi connectivity index (χ3n) is 7.73. The maximum Gasteiger partial charge on any atom is 0.223 e. The van der Waals surface area contributed by atoms with E-state index in [4.69, 9.17) is 4.79 Å². The molecular weight excluding hydrogens is 382 g/mol. The monoisotopic (exact) mass is 437 g/mol. The van der Waals surface area contributed by atoms with Gasteiger partial charge in [-0.05, 0) is 62.2 Å². The van der Waals surface area contributed by atoms with Crippen molar-refractivity contribution in [1.29, 1.82) is 0 Å². The van der Waals surface area contributed by atoms with Gasteiger partial charge in [-0.3, -0.25) is 4.79 Å². The number of nitrogens with one attached hydrogen (secondary N) is 1. The van der Waals surface area contributed by atoms with Crippen LogP contribution in [0.25, 0.3) is 0 Å². The second kappa shape index (κ2) is 16.3. The van der Waals surface area contributed by atoms with Gasteiger partial charge in [-0.15, -0.1) is 12.8 Å². The summed E-state index contributed by atoms with van der Waals surface area (Å²) >= 11 is 0. The molecule has 0 heterocycles. The lowest BCUT2D eigenvalue weighted by atomic mass is 9.61. The summed E-state index contributed by atoms with van der Waals surface area (Å²) in [5.74, 6) is 1.59. The van der Waals surface area contributed by atoms with Crippen LogP contribution < -0.4 is 5.32 Å². The SMILES string of the molecule is C#C.C=O.CCCCC(C)(C)C(C)(C)CC(CC(C)C(C)CC)C(=O)NC(C)(C)CC. The lowest BCUT2D eigenvalue weighted by molar-refractivity contribution is -0.129. The molecule has 0 saturated carbocycles. The standard InChI is InChI=1S/C25H51NO.C2H2.CH2O/c1-12-15-16-23(6,7)24(8,9)18-21(17-20(5)19(4)13-2)22(27)26-25(10,11)14-3;2*1-2/h19-21H,12-18H2,1-11H3,(H,26,27);1-2H;1H2. The van der Waals surface area contributed by atoms with Gasteiger partial charge in [0, 0.05) is 11.5 Å². The molecule has 0 aliphatic rings. The van der Waals surface area contributed by atoms with Crippen molar-refractivity contribution >= 4 is 12.7 Å². The van der Waals surface area contributed by atoms with Gasteiger partial charge in [0.15, 0.2) is 0 Å². The highest BCUT2D eigenvalue weighted by atomic mass is 16.2. The van der Waals surface area contributed by atoms with E-state index in [1.165, 1.54) is 25.7 Å². The van der Waals surface area contributed by atoms with Gasteiger partial charge in [0.25, 0.3) is 0 Å². The van der Waals surface area contributed by atoms with E-state index in [2.05, 4.69) is 94.3 Å². The number of amides is 1. The van der Waals surface area contributed by atoms with Gasteiger partial charge in [0.1, 0.15) is 6.79 Å². The van der Waals surface area contributed by atoms with Crippen LogP contribution in [0.5, 0.6) is 0 Å². The molecule has 3 nitrogen and oxygen atoms in total. The van der Waals surface area contributed by atoms with Crippen molar-refractivity contribution < 1.29 is 9.59 Å². The van der Waals surface area contributed by atoms with Crippen LogP contribution in [0.4, 0.5) is 0 Å². The Hall–Kier alpha value is -1.30. The summed E-state index contributed by atoms with van der Waals surface area (Å²) in [6.07, 6.45) is 15.8. The van der Waals surface area contributed by atoms with E-state index in [0.717, 1.165) is 19.3 Å². The van der Waals surface area contributed by atoms with E-state index in [1.807, 2.05) is 6.79 Å². The zero-order valence-corrected chi connectivity index (χ0v) is 22.9. The average Bonchev–Trinajstić information content (AvgIpc) is 2.73. The minimum Gasteiger partial charge on any atom is -0.351 e. The van der Waals surface area contributed by atoms with Crippen LogP contribution >= 0.6 is 0 Å². The van der Waals surface area contributed by atoms with E-state index in [-0.39, 0.29) is 28.2 Å². The second-order valence-corrected chi connectivity index (χ2v) is 11.1. The Morgan fingerprint density at radius 2 is 1.39 bits per heavy atom. The smallest absolute Gasteiger partial charge is 0.223 e. The fourth-order valence-corrected chi connectivity index (χ4v) is 3.74. The quantitative estimate of drug-likeness (QED) is 0.300. The molecule has 0 radical (unpaired) electrons. The Labute approximate surface area is 195 Å². The van der Waals surface area contributed by atoms with Gasteiger partial charge in [0.2, 0.25) is 5.91 Å². The second-order valence-electron chi connectivity index (χ2n) is 11.1. The highest BCUT2D eigenvalue weighted by Gasteiger charge is 2.40. The molecule has 1 amide bonds. The first kappa shape index (κ1) is 34.3. The first-order chi connectivity index (χ1) is 14.2. The number of carbonyl (C=O) groups is 2. The third-order valence-corrected chi connectivity index (χ3v) is 7.73. The highest BCUT2D eigenvalue weighted by Crippen LogP contribution is 2.47. The fourth-order valence-electron chi connectivity index (χ4n) is 3.74. The van der Waals surface area contributed by atoms with Gasteiger partial charge >= 0.3 is 0 Å². The van der Waals surface area contributed by atoms with Crippen molar-refractivity contribution in [2.24, 2.45) is 28.6 Å². The Kier molecular flexibility index (Phi) is 18.1. The van der Waals surface area contributed by atoms with Crippen molar-refractivity contribution in [3.63, 3.8) is 0 Å². The van der Waals surface area contributed by atoms with Gasteiger partial charge in [-0.25, -0.2) is 0 Å². The molecule has 0 fully saturated rings. The van der Waals surface area contributed by atoms with Crippen molar-refractivity contribution in [1.82, 2.24) is 5.32 Å². The van der Waals surface area contributed by atoms with Crippen LogP contribution in [0, 0.1) is 41.4 Å². The third kappa shape index (κ3) is 13.0. The maximum atomic E-state index is 13.3. The number of carbonyl (C=O) groups excluding carboxylic acids is 2. The zero-order valence-electron chi connectivity index (χ0n) is 22.9. The predicted octanol–water partition coefficient (Wildman–Crippen LogP) is 7.68. The van der Waals surface area contributed by atoms with E-state index in [0.29, 0.717) is 11.8 Å². The van der Waals surface area contributed by atoms with Crippen molar-refractivity contribution in [2.45, 2.75) is 127 Å². The largest absolute Gasteiger partial charge is 0.351 e. The van der Waals surface area contributed by atoms with Crippen LogP contribution in [0.15, 0.2) is 0 Å². The Morgan fingerprint density at radius 1 is 0.903 bits per heavy atom. The lowest BCUT2D eigenvalue weighted by Crippen LogP contribution is -2.47. The molecule has 0 rings (SSSR count). The van der Waals surface area contributed by atoms with E-state index < -0.39 is 0 Å². The Balaban J connectivity index is -0.00000184. The van der Waals surface area contributed by atoms with E-state index in [9.17, 15) is 4.79 Å². The number of hydrogen-bond donors (Lipinski definition) is 1. The summed E-state index contributed by atoms with van der Waals surface area (Å²) < 4.78 is 0. The van der Waals surface area contributed by atoms with Crippen molar-refractivity contribution in [3.05, 3.63) is 0 Å². The molecule has 0 aliphatic heterocycles. The molecule has 1 N–H and O–H groups in total. The zero-order chi connectivity index (χ0) is 25.5. The fraction of sp³-hybridized carbons (Fsp3) is 0.857. The minimum absolute atomic E-state index is 0.0933. The van der Waals surface area contributed by atoms with Crippen LogP contribution in [-0.4, -0.2) is 18.2 Å². The number of unbranched alkanes of at least 4 members (excludes halogenated alkanes) is 1. The average molecular weight is 438 g/mol. The van der Waals surface area contributed by atoms with Crippen molar-refractivity contribution in [3.8, 4) is 12.8 Å². The maximum absolute atomic E-state index is 13.3. The number of rotatable bonds is 13. The lowest BCUT2D eigenvalue weighted by Gasteiger charge is -2.44. The summed E-state index contributed by atoms with van der Waals surface area (Å²) in [4.78, 5) is 21.3. The minimum atomic E-state index is -0.128. The molecule has 3 heteroatoms. The van der Waals surface area contributed by atoms with Gasteiger partial charge in [-0.2, -0.15) is 0 Å². The molecule has 0 spiro atoms. The Morgan fingerprint density at radius 3 is 1.77 bits per heavy atom.